The Kier molecular flexibility index (Phi) is 5.65. The number of benzene rings is 2. The lowest BCUT2D eigenvalue weighted by Crippen LogP contribution is -2.13. The van der Waals surface area contributed by atoms with E-state index >= 15 is 0 Å². The Hall–Kier alpha value is -3.85. The van der Waals surface area contributed by atoms with Crippen LogP contribution in [0, 0.1) is 11.3 Å². The maximum atomic E-state index is 12.3. The molecule has 0 fully saturated rings. The molecule has 1 heterocycles. The first-order valence-electron chi connectivity index (χ1n) is 8.33. The maximum Gasteiger partial charge on any atom is 0.274 e. The summed E-state index contributed by atoms with van der Waals surface area (Å²) in [7, 11) is 1.64. The van der Waals surface area contributed by atoms with Gasteiger partial charge < -0.3 is 15.4 Å². The van der Waals surface area contributed by atoms with Gasteiger partial charge in [-0.25, -0.2) is 4.98 Å². The number of hydrogen-bond donors (Lipinski definition) is 2. The van der Waals surface area contributed by atoms with Gasteiger partial charge in [0, 0.05) is 17.8 Å². The maximum absolute atomic E-state index is 12.3. The van der Waals surface area contributed by atoms with Gasteiger partial charge in [-0.3, -0.25) is 4.79 Å². The Bertz CT molecular complexity index is 961. The van der Waals surface area contributed by atoms with Crippen LogP contribution in [0.5, 0.6) is 5.75 Å². The van der Waals surface area contributed by atoms with E-state index in [0.29, 0.717) is 23.5 Å². The van der Waals surface area contributed by atoms with E-state index < -0.39 is 0 Å². The number of pyridine rings is 1. The van der Waals surface area contributed by atoms with Gasteiger partial charge in [-0.2, -0.15) is 5.26 Å². The SMILES string of the molecule is COc1ccccc1CNc1ccc(C(=O)Nc2ccc(C#N)cc2)nc1. The predicted octanol–water partition coefficient (Wildman–Crippen LogP) is 3.83. The van der Waals surface area contributed by atoms with Crippen molar-refractivity contribution in [3.8, 4) is 11.8 Å². The van der Waals surface area contributed by atoms with Gasteiger partial charge >= 0.3 is 0 Å². The molecule has 0 unspecified atom stereocenters. The molecule has 6 heteroatoms. The summed E-state index contributed by atoms with van der Waals surface area (Å²) in [6.07, 6.45) is 1.61. The lowest BCUT2D eigenvalue weighted by atomic mass is 10.2. The van der Waals surface area contributed by atoms with Crippen molar-refractivity contribution in [1.82, 2.24) is 4.98 Å². The highest BCUT2D eigenvalue weighted by atomic mass is 16.5. The third-order valence-corrected chi connectivity index (χ3v) is 3.94. The highest BCUT2D eigenvalue weighted by Gasteiger charge is 2.08. The smallest absolute Gasteiger partial charge is 0.274 e. The zero-order chi connectivity index (χ0) is 19.1. The lowest BCUT2D eigenvalue weighted by Gasteiger charge is -2.10. The first-order valence-corrected chi connectivity index (χ1v) is 8.33. The minimum atomic E-state index is -0.309. The second-order valence-electron chi connectivity index (χ2n) is 5.74. The van der Waals surface area contributed by atoms with E-state index in [0.717, 1.165) is 17.0 Å². The van der Waals surface area contributed by atoms with Crippen molar-refractivity contribution in [3.63, 3.8) is 0 Å². The molecule has 0 spiro atoms. The van der Waals surface area contributed by atoms with Crippen LogP contribution < -0.4 is 15.4 Å². The van der Waals surface area contributed by atoms with Crippen LogP contribution in [0.25, 0.3) is 0 Å². The number of anilines is 2. The van der Waals surface area contributed by atoms with Crippen molar-refractivity contribution in [3.05, 3.63) is 83.7 Å². The summed E-state index contributed by atoms with van der Waals surface area (Å²) in [5, 5.41) is 14.8. The third-order valence-electron chi connectivity index (χ3n) is 3.94. The normalized spacial score (nSPS) is 9.93. The Balaban J connectivity index is 1.60. The molecule has 1 amide bonds. The molecule has 0 saturated heterocycles. The molecule has 2 N–H and O–H groups in total. The van der Waals surface area contributed by atoms with Crippen LogP contribution in [0.1, 0.15) is 21.6 Å². The molecule has 6 nitrogen and oxygen atoms in total. The molecule has 27 heavy (non-hydrogen) atoms. The molecule has 0 aliphatic heterocycles. The average molecular weight is 358 g/mol. The van der Waals surface area contributed by atoms with Gasteiger partial charge in [0.2, 0.25) is 0 Å². The summed E-state index contributed by atoms with van der Waals surface area (Å²) < 4.78 is 5.33. The molecule has 0 aliphatic carbocycles. The number of nitrogens with zero attached hydrogens (tertiary/aromatic N) is 2. The third kappa shape index (κ3) is 4.61. The summed E-state index contributed by atoms with van der Waals surface area (Å²) in [4.78, 5) is 16.5. The Morgan fingerprint density at radius 3 is 2.48 bits per heavy atom. The molecule has 0 saturated carbocycles. The summed E-state index contributed by atoms with van der Waals surface area (Å²) in [5.41, 5.74) is 3.29. The number of carbonyl (C=O) groups excluding carboxylic acids is 1. The van der Waals surface area contributed by atoms with Gasteiger partial charge in [-0.05, 0) is 42.5 Å². The highest BCUT2D eigenvalue weighted by molar-refractivity contribution is 6.02. The van der Waals surface area contributed by atoms with Crippen molar-refractivity contribution < 1.29 is 9.53 Å². The van der Waals surface area contributed by atoms with E-state index in [1.54, 1.807) is 49.7 Å². The molecule has 3 aromatic rings. The van der Waals surface area contributed by atoms with Crippen LogP contribution in [-0.2, 0) is 6.54 Å². The van der Waals surface area contributed by atoms with Gasteiger partial charge in [-0.1, -0.05) is 18.2 Å². The summed E-state index contributed by atoms with van der Waals surface area (Å²) >= 11 is 0. The number of nitrogens with one attached hydrogen (secondary N) is 2. The number of para-hydroxylation sites is 1. The fourth-order valence-electron chi connectivity index (χ4n) is 2.50. The predicted molar refractivity (Wildman–Crippen MR) is 104 cm³/mol. The molecular weight excluding hydrogens is 340 g/mol. The minimum absolute atomic E-state index is 0.308. The van der Waals surface area contributed by atoms with Crippen molar-refractivity contribution in [2.24, 2.45) is 0 Å². The van der Waals surface area contributed by atoms with Gasteiger partial charge in [0.15, 0.2) is 0 Å². The fourth-order valence-corrected chi connectivity index (χ4v) is 2.50. The molecule has 2 aromatic carbocycles. The number of carbonyl (C=O) groups is 1. The molecule has 1 aromatic heterocycles. The number of aromatic nitrogens is 1. The largest absolute Gasteiger partial charge is 0.496 e. The summed E-state index contributed by atoms with van der Waals surface area (Å²) in [5.74, 6) is 0.507. The second kappa shape index (κ2) is 8.50. The van der Waals surface area contributed by atoms with Crippen LogP contribution in [-0.4, -0.2) is 18.0 Å². The van der Waals surface area contributed by atoms with E-state index in [1.807, 2.05) is 30.3 Å². The van der Waals surface area contributed by atoms with Gasteiger partial charge in [-0.15, -0.1) is 0 Å². The highest BCUT2D eigenvalue weighted by Crippen LogP contribution is 2.19. The number of amides is 1. The number of hydrogen-bond acceptors (Lipinski definition) is 5. The monoisotopic (exact) mass is 358 g/mol. The summed E-state index contributed by atoms with van der Waals surface area (Å²) in [6.45, 7) is 0.586. The zero-order valence-electron chi connectivity index (χ0n) is 14.8. The summed E-state index contributed by atoms with van der Waals surface area (Å²) in [6, 6.07) is 19.9. The zero-order valence-corrected chi connectivity index (χ0v) is 14.8. The van der Waals surface area contributed by atoms with Crippen LogP contribution in [0.15, 0.2) is 66.9 Å². The van der Waals surface area contributed by atoms with Crippen LogP contribution in [0.4, 0.5) is 11.4 Å². The first-order chi connectivity index (χ1) is 13.2. The molecule has 134 valence electrons. The average Bonchev–Trinajstić information content (AvgIpc) is 2.73. The quantitative estimate of drug-likeness (QED) is 0.699. The van der Waals surface area contributed by atoms with Crippen molar-refractivity contribution in [1.29, 1.82) is 5.26 Å². The van der Waals surface area contributed by atoms with Crippen LogP contribution in [0.3, 0.4) is 0 Å². The van der Waals surface area contributed by atoms with Gasteiger partial charge in [0.05, 0.1) is 30.6 Å². The Morgan fingerprint density at radius 1 is 1.07 bits per heavy atom. The molecule has 0 aliphatic rings. The van der Waals surface area contributed by atoms with E-state index in [-0.39, 0.29) is 5.91 Å². The van der Waals surface area contributed by atoms with E-state index in [9.17, 15) is 4.79 Å². The minimum Gasteiger partial charge on any atom is -0.496 e. The topological polar surface area (TPSA) is 87.0 Å². The van der Waals surface area contributed by atoms with Crippen molar-refractivity contribution >= 4 is 17.3 Å². The number of methoxy groups -OCH3 is 1. The number of nitriles is 1. The number of rotatable bonds is 6. The first kappa shape index (κ1) is 18.0. The molecule has 0 atom stereocenters. The molecule has 0 bridgehead atoms. The van der Waals surface area contributed by atoms with Crippen LogP contribution >= 0.6 is 0 Å². The van der Waals surface area contributed by atoms with Crippen LogP contribution in [0.2, 0.25) is 0 Å². The standard InChI is InChI=1S/C21H18N4O2/c1-27-20-5-3-2-4-16(20)13-23-18-10-11-19(24-14-18)21(26)25-17-8-6-15(12-22)7-9-17/h2-11,14,23H,13H2,1H3,(H,25,26). The van der Waals surface area contributed by atoms with Gasteiger partial charge in [0.25, 0.3) is 5.91 Å². The van der Waals surface area contributed by atoms with E-state index in [1.165, 1.54) is 0 Å². The Morgan fingerprint density at radius 2 is 1.81 bits per heavy atom. The second-order valence-corrected chi connectivity index (χ2v) is 5.74. The Labute approximate surface area is 157 Å². The van der Waals surface area contributed by atoms with E-state index in [2.05, 4.69) is 15.6 Å². The molecule has 0 radical (unpaired) electrons. The lowest BCUT2D eigenvalue weighted by molar-refractivity contribution is 0.102. The van der Waals surface area contributed by atoms with Crippen molar-refractivity contribution in [2.45, 2.75) is 6.54 Å². The van der Waals surface area contributed by atoms with Crippen molar-refractivity contribution in [2.75, 3.05) is 17.7 Å². The number of ether oxygens (including phenoxy) is 1. The molecular formula is C21H18N4O2. The fraction of sp³-hybridized carbons (Fsp3) is 0.0952. The van der Waals surface area contributed by atoms with E-state index in [4.69, 9.17) is 10.00 Å². The molecule has 3 rings (SSSR count). The van der Waals surface area contributed by atoms with Gasteiger partial charge in [0.1, 0.15) is 11.4 Å².